The summed E-state index contributed by atoms with van der Waals surface area (Å²) in [6.45, 7) is 1.54. The van der Waals surface area contributed by atoms with Crippen LogP contribution in [0.25, 0.3) is 0 Å². The Morgan fingerprint density at radius 3 is 2.55 bits per heavy atom. The van der Waals surface area contributed by atoms with Crippen LogP contribution in [-0.4, -0.2) is 27.0 Å². The van der Waals surface area contributed by atoms with Crippen molar-refractivity contribution in [3.63, 3.8) is 0 Å². The van der Waals surface area contributed by atoms with E-state index in [9.17, 15) is 8.42 Å². The van der Waals surface area contributed by atoms with Gasteiger partial charge in [-0.05, 0) is 18.2 Å². The summed E-state index contributed by atoms with van der Waals surface area (Å²) in [4.78, 5) is 0.106. The topological polar surface area (TPSA) is 115 Å². The minimum Gasteiger partial charge on any atom is -0.495 e. The van der Waals surface area contributed by atoms with Crippen LogP contribution in [0.3, 0.4) is 0 Å². The standard InChI is InChI=1S/C12H12N4O3S/c1-3-20(17,18)10-4-5-12(19-2)11(6-10)16-15-9(7-13)8-14/h4-6,16H,3H2,1-2H3. The van der Waals surface area contributed by atoms with Crippen LogP contribution in [-0.2, 0) is 9.84 Å². The van der Waals surface area contributed by atoms with Gasteiger partial charge in [-0.25, -0.2) is 8.42 Å². The Morgan fingerprint density at radius 2 is 2.05 bits per heavy atom. The third kappa shape index (κ3) is 3.46. The molecule has 0 fully saturated rings. The van der Waals surface area contributed by atoms with Crippen LogP contribution in [0.4, 0.5) is 5.69 Å². The molecule has 1 aromatic rings. The molecule has 0 aliphatic carbocycles. The van der Waals surface area contributed by atoms with E-state index in [0.717, 1.165) is 0 Å². The first-order valence-corrected chi connectivity index (χ1v) is 7.18. The van der Waals surface area contributed by atoms with Crippen molar-refractivity contribution < 1.29 is 13.2 Å². The van der Waals surface area contributed by atoms with E-state index >= 15 is 0 Å². The predicted octanol–water partition coefficient (Wildman–Crippen LogP) is 1.30. The van der Waals surface area contributed by atoms with Crippen LogP contribution in [0.15, 0.2) is 28.2 Å². The van der Waals surface area contributed by atoms with Crippen molar-refractivity contribution >= 4 is 21.2 Å². The van der Waals surface area contributed by atoms with Crippen LogP contribution < -0.4 is 10.2 Å². The molecule has 1 N–H and O–H groups in total. The maximum atomic E-state index is 11.8. The molecule has 0 aromatic heterocycles. The molecule has 104 valence electrons. The molecule has 0 heterocycles. The molecule has 20 heavy (non-hydrogen) atoms. The highest BCUT2D eigenvalue weighted by Gasteiger charge is 2.14. The number of nitrogens with one attached hydrogen (secondary N) is 1. The first-order valence-electron chi connectivity index (χ1n) is 5.53. The van der Waals surface area contributed by atoms with E-state index in [4.69, 9.17) is 15.3 Å². The molecule has 0 saturated heterocycles. The number of benzene rings is 1. The number of hydrogen-bond acceptors (Lipinski definition) is 7. The second kappa shape index (κ2) is 6.55. The van der Waals surface area contributed by atoms with Gasteiger partial charge in [-0.3, -0.25) is 5.43 Å². The molecule has 7 nitrogen and oxygen atoms in total. The Morgan fingerprint density at radius 1 is 1.40 bits per heavy atom. The summed E-state index contributed by atoms with van der Waals surface area (Å²) in [5.41, 5.74) is 2.33. The minimum atomic E-state index is -3.37. The number of methoxy groups -OCH3 is 1. The normalized spacial score (nSPS) is 10.0. The van der Waals surface area contributed by atoms with Crippen molar-refractivity contribution in [3.8, 4) is 17.9 Å². The Bertz CT molecular complexity index is 695. The average Bonchev–Trinajstić information content (AvgIpc) is 2.48. The van der Waals surface area contributed by atoms with Crippen molar-refractivity contribution in [3.05, 3.63) is 18.2 Å². The van der Waals surface area contributed by atoms with Crippen molar-refractivity contribution in [1.82, 2.24) is 0 Å². The monoisotopic (exact) mass is 292 g/mol. The number of hydrazone groups is 1. The fourth-order valence-corrected chi connectivity index (χ4v) is 2.23. The molecule has 0 radical (unpaired) electrons. The van der Waals surface area contributed by atoms with E-state index in [0.29, 0.717) is 5.75 Å². The molecule has 0 aliphatic heterocycles. The van der Waals surface area contributed by atoms with Gasteiger partial charge < -0.3 is 4.74 Å². The van der Waals surface area contributed by atoms with Gasteiger partial charge in [-0.15, -0.1) is 0 Å². The van der Waals surface area contributed by atoms with Gasteiger partial charge in [0, 0.05) is 0 Å². The summed E-state index contributed by atoms with van der Waals surface area (Å²) < 4.78 is 28.6. The van der Waals surface area contributed by atoms with E-state index < -0.39 is 9.84 Å². The Balaban J connectivity index is 3.25. The van der Waals surface area contributed by atoms with Crippen LogP contribution in [0.1, 0.15) is 6.92 Å². The maximum Gasteiger partial charge on any atom is 0.237 e. The van der Waals surface area contributed by atoms with E-state index in [2.05, 4.69) is 10.5 Å². The van der Waals surface area contributed by atoms with Gasteiger partial charge in [-0.1, -0.05) is 6.92 Å². The maximum absolute atomic E-state index is 11.8. The number of anilines is 1. The second-order valence-electron chi connectivity index (χ2n) is 3.56. The van der Waals surface area contributed by atoms with Gasteiger partial charge in [0.15, 0.2) is 9.84 Å². The van der Waals surface area contributed by atoms with E-state index in [1.54, 1.807) is 12.1 Å². The minimum absolute atomic E-state index is 0.0380. The molecule has 0 unspecified atom stereocenters. The van der Waals surface area contributed by atoms with Crippen molar-refractivity contribution in [1.29, 1.82) is 10.5 Å². The number of hydrogen-bond donors (Lipinski definition) is 1. The Kier molecular flexibility index (Phi) is 5.07. The van der Waals surface area contributed by atoms with E-state index in [1.807, 2.05) is 0 Å². The third-order valence-corrected chi connectivity index (χ3v) is 4.14. The van der Waals surface area contributed by atoms with E-state index in [-0.39, 0.29) is 22.0 Å². The van der Waals surface area contributed by atoms with Crippen LogP contribution in [0.2, 0.25) is 0 Å². The van der Waals surface area contributed by atoms with Crippen molar-refractivity contribution in [2.45, 2.75) is 11.8 Å². The SMILES string of the molecule is CCS(=O)(=O)c1ccc(OC)c(NN=C(C#N)C#N)c1. The number of nitriles is 2. The smallest absolute Gasteiger partial charge is 0.237 e. The molecule has 0 spiro atoms. The predicted molar refractivity (Wildman–Crippen MR) is 73.0 cm³/mol. The molecule has 0 aliphatic rings. The van der Waals surface area contributed by atoms with Gasteiger partial charge in [0.2, 0.25) is 5.71 Å². The lowest BCUT2D eigenvalue weighted by Crippen LogP contribution is -2.05. The number of nitrogens with zero attached hydrogens (tertiary/aromatic N) is 3. The van der Waals surface area contributed by atoms with Crippen LogP contribution in [0.5, 0.6) is 5.75 Å². The lowest BCUT2D eigenvalue weighted by molar-refractivity contribution is 0.416. The van der Waals surface area contributed by atoms with Gasteiger partial charge in [0.1, 0.15) is 17.9 Å². The first kappa shape index (κ1) is 15.5. The summed E-state index contributed by atoms with van der Waals surface area (Å²) in [5.74, 6) is 0.308. The molecule has 8 heteroatoms. The largest absolute Gasteiger partial charge is 0.495 e. The fraction of sp³-hybridized carbons (Fsp3) is 0.250. The lowest BCUT2D eigenvalue weighted by Gasteiger charge is -2.09. The zero-order chi connectivity index (χ0) is 15.2. The molecular formula is C12H12N4O3S. The van der Waals surface area contributed by atoms with Gasteiger partial charge in [0.25, 0.3) is 0 Å². The first-order chi connectivity index (χ1) is 9.48. The van der Waals surface area contributed by atoms with Crippen molar-refractivity contribution in [2.75, 3.05) is 18.3 Å². The van der Waals surface area contributed by atoms with Crippen molar-refractivity contribution in [2.24, 2.45) is 5.10 Å². The van der Waals surface area contributed by atoms with Crippen LogP contribution in [0, 0.1) is 22.7 Å². The number of ether oxygens (including phenoxy) is 1. The average molecular weight is 292 g/mol. The molecule has 0 amide bonds. The molecule has 1 rings (SSSR count). The third-order valence-electron chi connectivity index (χ3n) is 2.41. The van der Waals surface area contributed by atoms with E-state index in [1.165, 1.54) is 32.2 Å². The molecule has 0 saturated carbocycles. The number of sulfone groups is 1. The van der Waals surface area contributed by atoms with Gasteiger partial charge in [-0.2, -0.15) is 15.6 Å². The summed E-state index contributed by atoms with van der Waals surface area (Å²) in [7, 11) is -1.96. The summed E-state index contributed by atoms with van der Waals surface area (Å²) >= 11 is 0. The summed E-state index contributed by atoms with van der Waals surface area (Å²) in [5, 5.41) is 20.7. The molecule has 1 aromatic carbocycles. The highest BCUT2D eigenvalue weighted by Crippen LogP contribution is 2.27. The van der Waals surface area contributed by atoms with Crippen LogP contribution >= 0.6 is 0 Å². The molecule has 0 bridgehead atoms. The zero-order valence-electron chi connectivity index (χ0n) is 10.9. The summed E-state index contributed by atoms with van der Waals surface area (Å²) in [6, 6.07) is 7.40. The second-order valence-corrected chi connectivity index (χ2v) is 5.84. The molecular weight excluding hydrogens is 280 g/mol. The Labute approximate surface area is 117 Å². The summed E-state index contributed by atoms with van der Waals surface area (Å²) in [6.07, 6.45) is 0. The highest BCUT2D eigenvalue weighted by molar-refractivity contribution is 7.91. The van der Waals surface area contributed by atoms with Gasteiger partial charge in [0.05, 0.1) is 23.4 Å². The lowest BCUT2D eigenvalue weighted by atomic mass is 10.3. The molecule has 0 atom stereocenters. The zero-order valence-corrected chi connectivity index (χ0v) is 11.7. The quantitative estimate of drug-likeness (QED) is 0.646. The Hall–Kier alpha value is -2.58. The highest BCUT2D eigenvalue weighted by atomic mass is 32.2. The fourth-order valence-electron chi connectivity index (χ4n) is 1.33. The van der Waals surface area contributed by atoms with Gasteiger partial charge >= 0.3 is 0 Å². The number of rotatable bonds is 5.